The zero-order chi connectivity index (χ0) is 14.9. The molecule has 0 aromatic rings. The Kier molecular flexibility index (Phi) is 4.13. The van der Waals surface area contributed by atoms with Gasteiger partial charge in [-0.15, -0.1) is 0 Å². The molecule has 0 aromatic carbocycles. The van der Waals surface area contributed by atoms with E-state index in [9.17, 15) is 14.4 Å². The third-order valence-electron chi connectivity index (χ3n) is 3.50. The molecule has 0 spiro atoms. The highest BCUT2D eigenvalue weighted by molar-refractivity contribution is 6.00. The molecule has 2 atom stereocenters. The van der Waals surface area contributed by atoms with E-state index in [2.05, 4.69) is 5.32 Å². The average Bonchev–Trinajstić information content (AvgIpc) is 2.94. The minimum Gasteiger partial charge on any atom is -0.444 e. The standard InChI is InChI=1S/C14H22N2O4/c1-14(2,3)20-13(19)16-8-9(17)7-11(16)12(18)10-5-4-6-15-10/h10-11,15H,4-8H2,1-3H3/t10?,11-/m0/s1. The summed E-state index contributed by atoms with van der Waals surface area (Å²) in [6.07, 6.45) is 1.24. The molecule has 2 aliphatic heterocycles. The van der Waals surface area contributed by atoms with Gasteiger partial charge in [-0.2, -0.15) is 0 Å². The molecule has 0 aromatic heterocycles. The largest absolute Gasteiger partial charge is 0.444 e. The molecule has 0 aliphatic carbocycles. The van der Waals surface area contributed by atoms with Crippen LogP contribution in [0, 0.1) is 0 Å². The van der Waals surface area contributed by atoms with Gasteiger partial charge in [-0.25, -0.2) is 4.79 Å². The number of likely N-dealkylation sites (tertiary alicyclic amines) is 1. The van der Waals surface area contributed by atoms with Crippen molar-refractivity contribution in [1.29, 1.82) is 0 Å². The molecule has 2 fully saturated rings. The lowest BCUT2D eigenvalue weighted by Crippen LogP contribution is -2.48. The summed E-state index contributed by atoms with van der Waals surface area (Å²) >= 11 is 0. The molecule has 2 saturated heterocycles. The summed E-state index contributed by atoms with van der Waals surface area (Å²) < 4.78 is 5.28. The number of nitrogens with one attached hydrogen (secondary N) is 1. The van der Waals surface area contributed by atoms with Gasteiger partial charge in [-0.1, -0.05) is 0 Å². The van der Waals surface area contributed by atoms with Crippen LogP contribution in [0.25, 0.3) is 0 Å². The second kappa shape index (κ2) is 5.52. The number of carbonyl (C=O) groups is 3. The molecule has 2 rings (SSSR count). The van der Waals surface area contributed by atoms with Gasteiger partial charge in [0.2, 0.25) is 0 Å². The Hall–Kier alpha value is -1.43. The van der Waals surface area contributed by atoms with Gasteiger partial charge in [-0.3, -0.25) is 14.5 Å². The van der Waals surface area contributed by atoms with Crippen LogP contribution < -0.4 is 5.32 Å². The fourth-order valence-corrected chi connectivity index (χ4v) is 2.62. The van der Waals surface area contributed by atoms with E-state index in [4.69, 9.17) is 4.74 Å². The fourth-order valence-electron chi connectivity index (χ4n) is 2.62. The smallest absolute Gasteiger partial charge is 0.411 e. The molecular weight excluding hydrogens is 260 g/mol. The number of hydrogen-bond acceptors (Lipinski definition) is 5. The molecule has 20 heavy (non-hydrogen) atoms. The number of rotatable bonds is 2. The summed E-state index contributed by atoms with van der Waals surface area (Å²) in [5.41, 5.74) is -0.637. The Morgan fingerprint density at radius 2 is 2.05 bits per heavy atom. The molecule has 6 heteroatoms. The first-order valence-corrected chi connectivity index (χ1v) is 7.06. The van der Waals surface area contributed by atoms with Crippen LogP contribution in [-0.2, 0) is 14.3 Å². The van der Waals surface area contributed by atoms with E-state index >= 15 is 0 Å². The molecule has 0 radical (unpaired) electrons. The topological polar surface area (TPSA) is 75.7 Å². The molecule has 0 bridgehead atoms. The number of ketones is 2. The maximum absolute atomic E-state index is 12.4. The predicted octanol–water partition coefficient (Wildman–Crippen LogP) is 0.886. The van der Waals surface area contributed by atoms with Crippen molar-refractivity contribution < 1.29 is 19.1 Å². The van der Waals surface area contributed by atoms with Gasteiger partial charge in [0.1, 0.15) is 11.6 Å². The summed E-state index contributed by atoms with van der Waals surface area (Å²) in [7, 11) is 0. The first kappa shape index (κ1) is 15.0. The monoisotopic (exact) mass is 282 g/mol. The van der Waals surface area contributed by atoms with E-state index in [0.717, 1.165) is 19.4 Å². The maximum Gasteiger partial charge on any atom is 0.411 e. The van der Waals surface area contributed by atoms with Crippen LogP contribution in [0.5, 0.6) is 0 Å². The molecule has 1 amide bonds. The van der Waals surface area contributed by atoms with Crippen LogP contribution in [0.2, 0.25) is 0 Å². The number of nitrogens with zero attached hydrogens (tertiary/aromatic N) is 1. The van der Waals surface area contributed by atoms with E-state index in [0.29, 0.717) is 0 Å². The molecule has 1 unspecified atom stereocenters. The van der Waals surface area contributed by atoms with Gasteiger partial charge >= 0.3 is 6.09 Å². The zero-order valence-corrected chi connectivity index (χ0v) is 12.3. The highest BCUT2D eigenvalue weighted by atomic mass is 16.6. The Balaban J connectivity index is 2.08. The summed E-state index contributed by atoms with van der Waals surface area (Å²) in [4.78, 5) is 37.4. The minimum atomic E-state index is -0.673. The minimum absolute atomic E-state index is 0.0297. The van der Waals surface area contributed by atoms with Crippen molar-refractivity contribution in [2.45, 2.75) is 57.7 Å². The highest BCUT2D eigenvalue weighted by Crippen LogP contribution is 2.22. The summed E-state index contributed by atoms with van der Waals surface area (Å²) in [5.74, 6) is -0.161. The first-order valence-electron chi connectivity index (χ1n) is 7.06. The van der Waals surface area contributed by atoms with Gasteiger partial charge in [0, 0.05) is 6.42 Å². The van der Waals surface area contributed by atoms with Crippen molar-refractivity contribution in [1.82, 2.24) is 10.2 Å². The molecule has 1 N–H and O–H groups in total. The lowest BCUT2D eigenvalue weighted by atomic mass is 10.0. The SMILES string of the molecule is CC(C)(C)OC(=O)N1CC(=O)C[C@H]1C(=O)C1CCCN1. The van der Waals surface area contributed by atoms with Gasteiger partial charge in [0.15, 0.2) is 11.6 Å². The van der Waals surface area contributed by atoms with Crippen molar-refractivity contribution in [3.8, 4) is 0 Å². The van der Waals surface area contributed by atoms with Crippen LogP contribution in [0.1, 0.15) is 40.0 Å². The van der Waals surface area contributed by atoms with E-state index < -0.39 is 17.7 Å². The second-order valence-electron chi connectivity index (χ2n) is 6.42. The van der Waals surface area contributed by atoms with Crippen molar-refractivity contribution in [3.05, 3.63) is 0 Å². The lowest BCUT2D eigenvalue weighted by molar-refractivity contribution is -0.125. The third-order valence-corrected chi connectivity index (χ3v) is 3.50. The van der Waals surface area contributed by atoms with E-state index in [1.54, 1.807) is 20.8 Å². The molecule has 112 valence electrons. The first-order chi connectivity index (χ1) is 9.28. The van der Waals surface area contributed by atoms with Crippen LogP contribution in [0.3, 0.4) is 0 Å². The predicted molar refractivity (Wildman–Crippen MR) is 72.4 cm³/mol. The number of carbonyl (C=O) groups excluding carboxylic acids is 3. The Morgan fingerprint density at radius 1 is 1.35 bits per heavy atom. The quantitative estimate of drug-likeness (QED) is 0.814. The third kappa shape index (κ3) is 3.36. The van der Waals surface area contributed by atoms with Crippen LogP contribution in [-0.4, -0.2) is 53.3 Å². The number of hydrogen-bond donors (Lipinski definition) is 1. The number of amides is 1. The van der Waals surface area contributed by atoms with Crippen molar-refractivity contribution in [3.63, 3.8) is 0 Å². The number of ether oxygens (including phenoxy) is 1. The molecule has 2 heterocycles. The summed E-state index contributed by atoms with van der Waals surface area (Å²) in [6, 6.07) is -0.913. The van der Waals surface area contributed by atoms with Crippen molar-refractivity contribution in [2.24, 2.45) is 0 Å². The fraction of sp³-hybridized carbons (Fsp3) is 0.786. The van der Waals surface area contributed by atoms with Crippen LogP contribution >= 0.6 is 0 Å². The van der Waals surface area contributed by atoms with E-state index in [-0.39, 0.29) is 30.6 Å². The van der Waals surface area contributed by atoms with Crippen LogP contribution in [0.4, 0.5) is 4.79 Å². The van der Waals surface area contributed by atoms with E-state index in [1.807, 2.05) is 0 Å². The van der Waals surface area contributed by atoms with Crippen molar-refractivity contribution in [2.75, 3.05) is 13.1 Å². The van der Waals surface area contributed by atoms with Gasteiger partial charge < -0.3 is 10.1 Å². The molecule has 6 nitrogen and oxygen atoms in total. The zero-order valence-electron chi connectivity index (χ0n) is 12.3. The van der Waals surface area contributed by atoms with Gasteiger partial charge in [0.25, 0.3) is 0 Å². The maximum atomic E-state index is 12.4. The normalized spacial score (nSPS) is 26.9. The number of Topliss-reactive ketones (excluding diaryl/α,β-unsaturated/α-hetero) is 2. The average molecular weight is 282 g/mol. The molecule has 2 aliphatic rings. The summed E-state index contributed by atoms with van der Waals surface area (Å²) in [6.45, 7) is 6.07. The molecule has 0 saturated carbocycles. The van der Waals surface area contributed by atoms with Crippen LogP contribution in [0.15, 0.2) is 0 Å². The second-order valence-corrected chi connectivity index (χ2v) is 6.42. The van der Waals surface area contributed by atoms with E-state index in [1.165, 1.54) is 4.90 Å². The van der Waals surface area contributed by atoms with Gasteiger partial charge in [-0.05, 0) is 40.2 Å². The Labute approximate surface area is 118 Å². The summed E-state index contributed by atoms with van der Waals surface area (Å²) in [5, 5.41) is 3.12. The van der Waals surface area contributed by atoms with Crippen molar-refractivity contribution >= 4 is 17.7 Å². The van der Waals surface area contributed by atoms with Gasteiger partial charge in [0.05, 0.1) is 12.6 Å². The Morgan fingerprint density at radius 3 is 2.60 bits per heavy atom. The lowest BCUT2D eigenvalue weighted by Gasteiger charge is -2.28. The highest BCUT2D eigenvalue weighted by Gasteiger charge is 2.43. The molecular formula is C14H22N2O4. The Bertz CT molecular complexity index is 421.